The highest BCUT2D eigenvalue weighted by Gasteiger charge is 2.48. The third-order valence-corrected chi connectivity index (χ3v) is 6.85. The van der Waals surface area contributed by atoms with Gasteiger partial charge in [-0.25, -0.2) is 0 Å². The molecule has 0 unspecified atom stereocenters. The van der Waals surface area contributed by atoms with Crippen LogP contribution in [0.2, 0.25) is 0 Å². The van der Waals surface area contributed by atoms with Crippen LogP contribution in [0.5, 0.6) is 0 Å². The van der Waals surface area contributed by atoms with E-state index in [9.17, 15) is 14.4 Å². The van der Waals surface area contributed by atoms with E-state index in [1.807, 2.05) is 13.8 Å². The Bertz CT molecular complexity index is 823. The quantitative estimate of drug-likeness (QED) is 0.745. The molecular formula is C22H33N5O3. The lowest BCUT2D eigenvalue weighted by atomic mass is 9.94. The summed E-state index contributed by atoms with van der Waals surface area (Å²) in [6, 6.07) is 1.94. The number of hydrogen-bond donors (Lipinski definition) is 2. The highest BCUT2D eigenvalue weighted by Crippen LogP contribution is 2.29. The minimum atomic E-state index is -1.02. The van der Waals surface area contributed by atoms with Crippen LogP contribution in [0, 0.1) is 0 Å². The van der Waals surface area contributed by atoms with Crippen LogP contribution in [0.4, 0.5) is 0 Å². The van der Waals surface area contributed by atoms with Gasteiger partial charge < -0.3 is 15.5 Å². The number of fused-ring (bicyclic) bond motifs is 1. The van der Waals surface area contributed by atoms with Gasteiger partial charge in [-0.05, 0) is 39.0 Å². The first kappa shape index (κ1) is 20.9. The van der Waals surface area contributed by atoms with E-state index >= 15 is 0 Å². The molecule has 0 bridgehead atoms. The molecule has 2 aliphatic carbocycles. The molecule has 3 aliphatic rings. The van der Waals surface area contributed by atoms with Crippen molar-refractivity contribution in [1.29, 1.82) is 0 Å². The summed E-state index contributed by atoms with van der Waals surface area (Å²) >= 11 is 0. The van der Waals surface area contributed by atoms with E-state index in [4.69, 9.17) is 0 Å². The van der Waals surface area contributed by atoms with Gasteiger partial charge in [-0.3, -0.25) is 19.1 Å². The van der Waals surface area contributed by atoms with Crippen molar-refractivity contribution < 1.29 is 14.4 Å². The molecule has 0 spiro atoms. The monoisotopic (exact) mass is 415 g/mol. The van der Waals surface area contributed by atoms with Gasteiger partial charge in [-0.1, -0.05) is 32.6 Å². The number of amides is 3. The van der Waals surface area contributed by atoms with E-state index in [2.05, 4.69) is 15.7 Å². The lowest BCUT2D eigenvalue weighted by molar-refractivity contribution is -0.133. The first-order chi connectivity index (χ1) is 14.4. The molecule has 0 aromatic carbocycles. The Hall–Kier alpha value is -2.38. The zero-order chi connectivity index (χ0) is 21.3. The molecule has 8 nitrogen and oxygen atoms in total. The van der Waals surface area contributed by atoms with Gasteiger partial charge >= 0.3 is 0 Å². The Kier molecular flexibility index (Phi) is 5.84. The smallest absolute Gasteiger partial charge is 0.273 e. The van der Waals surface area contributed by atoms with Crippen LogP contribution >= 0.6 is 0 Å². The molecule has 1 atom stereocenters. The van der Waals surface area contributed by atoms with E-state index in [-0.39, 0.29) is 42.0 Å². The van der Waals surface area contributed by atoms with Gasteiger partial charge in [0.15, 0.2) is 5.69 Å². The SMILES string of the molecule is CCCN1C(=O)c2cc(C(=O)NC3CCCC3)nn2C[C@@]1(C)C(=O)NC1CCCC1. The van der Waals surface area contributed by atoms with Crippen LogP contribution in [-0.2, 0) is 11.3 Å². The Labute approximate surface area is 177 Å². The number of nitrogens with one attached hydrogen (secondary N) is 2. The number of aromatic nitrogens is 2. The zero-order valence-corrected chi connectivity index (χ0v) is 18.1. The molecule has 3 amide bonds. The van der Waals surface area contributed by atoms with Crippen LogP contribution < -0.4 is 10.6 Å². The fourth-order valence-corrected chi connectivity index (χ4v) is 5.07. The van der Waals surface area contributed by atoms with Crippen molar-refractivity contribution in [1.82, 2.24) is 25.3 Å². The molecule has 30 heavy (non-hydrogen) atoms. The molecule has 4 rings (SSSR count). The molecule has 0 saturated heterocycles. The normalized spacial score (nSPS) is 24.9. The summed E-state index contributed by atoms with van der Waals surface area (Å²) in [6.45, 7) is 4.55. The average molecular weight is 416 g/mol. The maximum absolute atomic E-state index is 13.3. The minimum Gasteiger partial charge on any atom is -0.351 e. The topological polar surface area (TPSA) is 96.3 Å². The molecular weight excluding hydrogens is 382 g/mol. The molecule has 2 N–H and O–H groups in total. The van der Waals surface area contributed by atoms with Crippen molar-refractivity contribution in [2.24, 2.45) is 0 Å². The number of nitrogens with zero attached hydrogens (tertiary/aromatic N) is 3. The fraction of sp³-hybridized carbons (Fsp3) is 0.727. The van der Waals surface area contributed by atoms with Crippen molar-refractivity contribution in [2.45, 2.75) is 95.8 Å². The predicted octanol–water partition coefficient (Wildman–Crippen LogP) is 2.24. The second kappa shape index (κ2) is 8.40. The highest BCUT2D eigenvalue weighted by molar-refractivity contribution is 6.02. The van der Waals surface area contributed by atoms with Gasteiger partial charge in [-0.2, -0.15) is 5.10 Å². The number of carbonyl (C=O) groups excluding carboxylic acids is 3. The average Bonchev–Trinajstić information content (AvgIpc) is 3.47. The first-order valence-electron chi connectivity index (χ1n) is 11.4. The summed E-state index contributed by atoms with van der Waals surface area (Å²) in [4.78, 5) is 40.9. The van der Waals surface area contributed by atoms with Crippen molar-refractivity contribution in [3.63, 3.8) is 0 Å². The molecule has 2 heterocycles. The zero-order valence-electron chi connectivity index (χ0n) is 18.1. The second-order valence-corrected chi connectivity index (χ2v) is 9.21. The van der Waals surface area contributed by atoms with Crippen LogP contribution in [0.1, 0.15) is 92.6 Å². The Morgan fingerprint density at radius 2 is 1.70 bits per heavy atom. The summed E-state index contributed by atoms with van der Waals surface area (Å²) in [7, 11) is 0. The summed E-state index contributed by atoms with van der Waals surface area (Å²) < 4.78 is 1.55. The van der Waals surface area contributed by atoms with Gasteiger partial charge in [0, 0.05) is 24.7 Å². The van der Waals surface area contributed by atoms with Gasteiger partial charge in [0.1, 0.15) is 11.2 Å². The van der Waals surface area contributed by atoms with Crippen molar-refractivity contribution in [3.05, 3.63) is 17.5 Å². The molecule has 2 saturated carbocycles. The molecule has 1 aromatic heterocycles. The summed E-state index contributed by atoms with van der Waals surface area (Å²) in [6.07, 6.45) is 9.21. The summed E-state index contributed by atoms with van der Waals surface area (Å²) in [5, 5.41) is 10.6. The standard InChI is InChI=1S/C22H33N5O3/c1-3-12-26-20(29)18-13-17(19(28)23-15-8-4-5-9-15)25-27(18)14-22(26,2)21(30)24-16-10-6-7-11-16/h13,15-16H,3-12,14H2,1-2H3,(H,23,28)(H,24,30)/t22-/m0/s1. The van der Waals surface area contributed by atoms with Gasteiger partial charge in [0.05, 0.1) is 6.54 Å². The van der Waals surface area contributed by atoms with Crippen molar-refractivity contribution in [3.8, 4) is 0 Å². The van der Waals surface area contributed by atoms with E-state index in [1.54, 1.807) is 15.6 Å². The van der Waals surface area contributed by atoms with Crippen LogP contribution in [0.3, 0.4) is 0 Å². The summed E-state index contributed by atoms with van der Waals surface area (Å²) in [5.41, 5.74) is -0.387. The van der Waals surface area contributed by atoms with E-state index < -0.39 is 5.54 Å². The lowest BCUT2D eigenvalue weighted by Crippen LogP contribution is -2.65. The molecule has 1 aliphatic heterocycles. The third kappa shape index (κ3) is 3.84. The molecule has 164 valence electrons. The van der Waals surface area contributed by atoms with E-state index in [0.717, 1.165) is 57.8 Å². The second-order valence-electron chi connectivity index (χ2n) is 9.21. The van der Waals surface area contributed by atoms with Crippen LogP contribution in [0.15, 0.2) is 6.07 Å². The summed E-state index contributed by atoms with van der Waals surface area (Å²) in [5.74, 6) is -0.607. The predicted molar refractivity (Wildman–Crippen MR) is 112 cm³/mol. The highest BCUT2D eigenvalue weighted by atomic mass is 16.2. The van der Waals surface area contributed by atoms with Crippen molar-refractivity contribution >= 4 is 17.7 Å². The van der Waals surface area contributed by atoms with E-state index in [1.165, 1.54) is 0 Å². The largest absolute Gasteiger partial charge is 0.351 e. The van der Waals surface area contributed by atoms with Crippen molar-refractivity contribution in [2.75, 3.05) is 6.54 Å². The maximum Gasteiger partial charge on any atom is 0.273 e. The third-order valence-electron chi connectivity index (χ3n) is 6.85. The van der Waals surface area contributed by atoms with Gasteiger partial charge in [0.2, 0.25) is 5.91 Å². The Morgan fingerprint density at radius 1 is 1.10 bits per heavy atom. The van der Waals surface area contributed by atoms with Crippen LogP contribution in [0.25, 0.3) is 0 Å². The van der Waals surface area contributed by atoms with Gasteiger partial charge in [-0.15, -0.1) is 0 Å². The maximum atomic E-state index is 13.3. The minimum absolute atomic E-state index is 0.130. The molecule has 8 heteroatoms. The number of carbonyl (C=O) groups is 3. The number of rotatable bonds is 6. The fourth-order valence-electron chi connectivity index (χ4n) is 5.07. The first-order valence-corrected chi connectivity index (χ1v) is 11.4. The Balaban J connectivity index is 1.57. The van der Waals surface area contributed by atoms with E-state index in [0.29, 0.717) is 12.2 Å². The van der Waals surface area contributed by atoms with Crippen LogP contribution in [-0.4, -0.2) is 56.6 Å². The lowest BCUT2D eigenvalue weighted by Gasteiger charge is -2.43. The molecule has 1 aromatic rings. The number of hydrogen-bond acceptors (Lipinski definition) is 4. The Morgan fingerprint density at radius 3 is 2.30 bits per heavy atom. The molecule has 0 radical (unpaired) electrons. The molecule has 2 fully saturated rings. The van der Waals surface area contributed by atoms with Gasteiger partial charge in [0.25, 0.3) is 11.8 Å².